The minimum absolute atomic E-state index is 0.0714. The minimum atomic E-state index is -3.58. The van der Waals surface area contributed by atoms with Crippen molar-refractivity contribution in [2.75, 3.05) is 22.4 Å². The quantitative estimate of drug-likeness (QED) is 0.373. The molecule has 0 aromatic heterocycles. The monoisotopic (exact) mass is 527 g/mol. The van der Waals surface area contributed by atoms with E-state index in [2.05, 4.69) is 10.6 Å². The number of benzene rings is 3. The van der Waals surface area contributed by atoms with Gasteiger partial charge in [0.15, 0.2) is 0 Å². The lowest BCUT2D eigenvalue weighted by molar-refractivity contribution is -0.116. The van der Waals surface area contributed by atoms with Crippen LogP contribution in [0.2, 0.25) is 5.02 Å². The highest BCUT2D eigenvalue weighted by Crippen LogP contribution is 2.28. The third-order valence-corrected chi connectivity index (χ3v) is 7.36. The zero-order valence-electron chi connectivity index (χ0n) is 20.5. The van der Waals surface area contributed by atoms with Crippen LogP contribution < -0.4 is 14.9 Å². The number of carbonyl (C=O) groups is 2. The molecule has 3 rings (SSSR count). The molecule has 0 fully saturated rings. The SMILES string of the molecule is Cc1c(Cl)cccc1N(CCCC(=O)Nc1ccccc1C(=O)NC(C)c1ccccc1)S(C)(=O)=O. The van der Waals surface area contributed by atoms with Gasteiger partial charge in [-0.1, -0.05) is 60.1 Å². The Morgan fingerprint density at radius 1 is 0.972 bits per heavy atom. The molecule has 0 saturated heterocycles. The summed E-state index contributed by atoms with van der Waals surface area (Å²) >= 11 is 6.17. The van der Waals surface area contributed by atoms with Gasteiger partial charge in [0.1, 0.15) is 0 Å². The lowest BCUT2D eigenvalue weighted by atomic mass is 10.1. The number of halogens is 1. The van der Waals surface area contributed by atoms with Gasteiger partial charge in [-0.3, -0.25) is 13.9 Å². The van der Waals surface area contributed by atoms with Crippen molar-refractivity contribution in [3.05, 3.63) is 94.5 Å². The van der Waals surface area contributed by atoms with Crippen molar-refractivity contribution in [2.45, 2.75) is 32.7 Å². The van der Waals surface area contributed by atoms with Crippen LogP contribution in [-0.4, -0.2) is 33.0 Å². The molecule has 9 heteroatoms. The van der Waals surface area contributed by atoms with E-state index < -0.39 is 10.0 Å². The average molecular weight is 528 g/mol. The first kappa shape index (κ1) is 27.2. The lowest BCUT2D eigenvalue weighted by Gasteiger charge is -2.24. The number of carbonyl (C=O) groups excluding carboxylic acids is 2. The van der Waals surface area contributed by atoms with E-state index in [1.165, 1.54) is 4.31 Å². The fourth-order valence-corrected chi connectivity index (χ4v) is 5.00. The topological polar surface area (TPSA) is 95.6 Å². The first-order valence-electron chi connectivity index (χ1n) is 11.6. The van der Waals surface area contributed by atoms with Crippen molar-refractivity contribution in [3.8, 4) is 0 Å². The second-order valence-electron chi connectivity index (χ2n) is 8.52. The normalized spacial score (nSPS) is 12.0. The Balaban J connectivity index is 1.64. The van der Waals surface area contributed by atoms with Crippen LogP contribution in [0.15, 0.2) is 72.8 Å². The van der Waals surface area contributed by atoms with Crippen LogP contribution in [0, 0.1) is 6.92 Å². The van der Waals surface area contributed by atoms with Crippen LogP contribution in [0.3, 0.4) is 0 Å². The maximum atomic E-state index is 12.9. The zero-order chi connectivity index (χ0) is 26.3. The molecule has 1 unspecified atom stereocenters. The van der Waals surface area contributed by atoms with E-state index in [0.29, 0.717) is 27.5 Å². The molecule has 0 aliphatic heterocycles. The van der Waals surface area contributed by atoms with Crippen molar-refractivity contribution in [1.82, 2.24) is 5.32 Å². The first-order valence-corrected chi connectivity index (χ1v) is 13.8. The van der Waals surface area contributed by atoms with Crippen LogP contribution in [0.25, 0.3) is 0 Å². The summed E-state index contributed by atoms with van der Waals surface area (Å²) in [6.45, 7) is 3.76. The summed E-state index contributed by atoms with van der Waals surface area (Å²) in [6.07, 6.45) is 1.48. The van der Waals surface area contributed by atoms with Gasteiger partial charge in [0, 0.05) is 18.0 Å². The third kappa shape index (κ3) is 7.08. The van der Waals surface area contributed by atoms with Gasteiger partial charge in [0.25, 0.3) is 5.91 Å². The molecular weight excluding hydrogens is 498 g/mol. The van der Waals surface area contributed by atoms with Gasteiger partial charge >= 0.3 is 0 Å². The summed E-state index contributed by atoms with van der Waals surface area (Å²) in [4.78, 5) is 25.6. The zero-order valence-corrected chi connectivity index (χ0v) is 22.1. The number of hydrogen-bond acceptors (Lipinski definition) is 4. The van der Waals surface area contributed by atoms with E-state index in [9.17, 15) is 18.0 Å². The minimum Gasteiger partial charge on any atom is -0.345 e. The van der Waals surface area contributed by atoms with Gasteiger partial charge < -0.3 is 10.6 Å². The summed E-state index contributed by atoms with van der Waals surface area (Å²) in [5.41, 5.74) is 2.85. The fraction of sp³-hybridized carbons (Fsp3) is 0.259. The highest BCUT2D eigenvalue weighted by molar-refractivity contribution is 7.92. The second-order valence-corrected chi connectivity index (χ2v) is 10.8. The van der Waals surface area contributed by atoms with Gasteiger partial charge in [-0.2, -0.15) is 0 Å². The molecule has 7 nitrogen and oxygen atoms in total. The van der Waals surface area contributed by atoms with Crippen LogP contribution in [0.5, 0.6) is 0 Å². The number of hydrogen-bond donors (Lipinski definition) is 2. The van der Waals surface area contributed by atoms with Crippen molar-refractivity contribution in [3.63, 3.8) is 0 Å². The van der Waals surface area contributed by atoms with Gasteiger partial charge in [-0.15, -0.1) is 0 Å². The van der Waals surface area contributed by atoms with E-state index in [-0.39, 0.29) is 37.2 Å². The van der Waals surface area contributed by atoms with Crippen LogP contribution in [0.4, 0.5) is 11.4 Å². The summed E-state index contributed by atoms with van der Waals surface area (Å²) < 4.78 is 26.1. The summed E-state index contributed by atoms with van der Waals surface area (Å²) in [7, 11) is -3.58. The Morgan fingerprint density at radius 3 is 2.33 bits per heavy atom. The summed E-state index contributed by atoms with van der Waals surface area (Å²) in [5, 5.41) is 6.21. The van der Waals surface area contributed by atoms with Crippen LogP contribution in [0.1, 0.15) is 47.3 Å². The Hall–Kier alpha value is -3.36. The Bertz CT molecular complexity index is 1330. The van der Waals surface area contributed by atoms with E-state index in [1.807, 2.05) is 37.3 Å². The molecule has 3 aromatic rings. The van der Waals surface area contributed by atoms with Gasteiger partial charge in [0.2, 0.25) is 15.9 Å². The summed E-state index contributed by atoms with van der Waals surface area (Å²) in [5.74, 6) is -0.621. The number of sulfonamides is 1. The summed E-state index contributed by atoms with van der Waals surface area (Å²) in [6, 6.07) is 21.2. The average Bonchev–Trinajstić information content (AvgIpc) is 2.84. The molecule has 0 saturated carbocycles. The van der Waals surface area contributed by atoms with E-state index in [0.717, 1.165) is 11.8 Å². The number of nitrogens with zero attached hydrogens (tertiary/aromatic N) is 1. The largest absolute Gasteiger partial charge is 0.345 e. The van der Waals surface area contributed by atoms with Gasteiger partial charge in [0.05, 0.1) is 29.2 Å². The second kappa shape index (κ2) is 12.1. The number of amides is 2. The molecule has 0 bridgehead atoms. The molecule has 0 aliphatic carbocycles. The van der Waals surface area contributed by atoms with Crippen molar-refractivity contribution in [1.29, 1.82) is 0 Å². The smallest absolute Gasteiger partial charge is 0.253 e. The highest BCUT2D eigenvalue weighted by atomic mass is 35.5. The molecule has 2 N–H and O–H groups in total. The fourth-order valence-electron chi connectivity index (χ4n) is 3.82. The number of anilines is 2. The first-order chi connectivity index (χ1) is 17.1. The predicted molar refractivity (Wildman–Crippen MR) is 145 cm³/mol. The third-order valence-electron chi connectivity index (χ3n) is 5.77. The van der Waals surface area contributed by atoms with E-state index in [4.69, 9.17) is 11.6 Å². The number of rotatable bonds is 10. The predicted octanol–water partition coefficient (Wildman–Crippen LogP) is 5.32. The Kier molecular flexibility index (Phi) is 9.12. The molecule has 2 amide bonds. The molecule has 0 spiro atoms. The molecule has 0 radical (unpaired) electrons. The standard InChI is InChI=1S/C27H30ClN3O4S/c1-19-23(28)14-9-16-25(19)31(36(3,34)35)18-10-17-26(32)30-24-15-8-7-13-22(24)27(33)29-20(2)21-11-5-4-6-12-21/h4-9,11-16,20H,10,17-18H2,1-3H3,(H,29,33)(H,30,32). The molecule has 0 aliphatic rings. The maximum absolute atomic E-state index is 12.9. The molecule has 0 heterocycles. The number of para-hydroxylation sites is 1. The van der Waals surface area contributed by atoms with Gasteiger partial charge in [-0.05, 0) is 55.7 Å². The number of nitrogens with one attached hydrogen (secondary N) is 2. The Morgan fingerprint density at radius 2 is 1.64 bits per heavy atom. The maximum Gasteiger partial charge on any atom is 0.253 e. The van der Waals surface area contributed by atoms with E-state index in [1.54, 1.807) is 49.4 Å². The van der Waals surface area contributed by atoms with Crippen molar-refractivity contribution in [2.24, 2.45) is 0 Å². The highest BCUT2D eigenvalue weighted by Gasteiger charge is 2.21. The van der Waals surface area contributed by atoms with Crippen molar-refractivity contribution < 1.29 is 18.0 Å². The molecule has 3 aromatic carbocycles. The van der Waals surface area contributed by atoms with Crippen molar-refractivity contribution >= 4 is 44.8 Å². The Labute approximate surface area is 217 Å². The molecule has 1 atom stereocenters. The lowest BCUT2D eigenvalue weighted by Crippen LogP contribution is -2.32. The van der Waals surface area contributed by atoms with Gasteiger partial charge in [-0.25, -0.2) is 8.42 Å². The molecule has 190 valence electrons. The van der Waals surface area contributed by atoms with Crippen LogP contribution in [-0.2, 0) is 14.8 Å². The molecule has 36 heavy (non-hydrogen) atoms. The van der Waals surface area contributed by atoms with E-state index >= 15 is 0 Å². The molecular formula is C27H30ClN3O4S. The van der Waals surface area contributed by atoms with Crippen LogP contribution >= 0.6 is 11.6 Å².